The average Bonchev–Trinajstić information content (AvgIpc) is 3.63. The number of fused-ring (bicyclic) bond motifs is 1. The zero-order valence-corrected chi connectivity index (χ0v) is 39.5. The van der Waals surface area contributed by atoms with E-state index >= 15 is 0 Å². The van der Waals surface area contributed by atoms with Crippen molar-refractivity contribution >= 4 is 27.2 Å². The van der Waals surface area contributed by atoms with Crippen molar-refractivity contribution in [2.45, 2.75) is 84.0 Å². The second-order valence-electron chi connectivity index (χ2n) is 20.0. The standard InChI is InChI=1S/C55H59N3OSi2/c1-37(61(8,9)10)46-32-38(36-60(5,6)7)33-47(53(46)59)54-57-52-45(26-19-29-51(52)58(54)50-28-17-15-25-44(50)39-20-12-11-13-21-39)40-22-18-23-42(34-40)49-35-41(30-31-56-49)43-24-14-16-27-48(43)55(2,3)4/h11-35,37,59H,36H2,1-10H3. The largest absolute Gasteiger partial charge is 0.507 e. The molecule has 2 heterocycles. The predicted octanol–water partition coefficient (Wildman–Crippen LogP) is 15.2. The maximum absolute atomic E-state index is 12.6. The Morgan fingerprint density at radius 1 is 0.607 bits per heavy atom. The quantitative estimate of drug-likeness (QED) is 0.140. The van der Waals surface area contributed by atoms with E-state index in [-0.39, 0.29) is 11.0 Å². The number of hydrogen-bond donors (Lipinski definition) is 1. The summed E-state index contributed by atoms with van der Waals surface area (Å²) in [6, 6.07) is 52.9. The summed E-state index contributed by atoms with van der Waals surface area (Å²) in [5.41, 5.74) is 16.2. The first-order valence-electron chi connectivity index (χ1n) is 21.7. The number of nitrogens with zero attached hydrogens (tertiary/aromatic N) is 3. The molecule has 0 aliphatic rings. The van der Waals surface area contributed by atoms with Gasteiger partial charge in [0, 0.05) is 31.0 Å². The monoisotopic (exact) mass is 833 g/mol. The van der Waals surface area contributed by atoms with Crippen molar-refractivity contribution in [3.05, 3.63) is 168 Å². The van der Waals surface area contributed by atoms with E-state index in [9.17, 15) is 5.11 Å². The van der Waals surface area contributed by atoms with Crippen LogP contribution in [0.5, 0.6) is 5.75 Å². The summed E-state index contributed by atoms with van der Waals surface area (Å²) in [6.45, 7) is 23.5. The van der Waals surface area contributed by atoms with E-state index in [1.165, 1.54) is 16.7 Å². The molecule has 0 saturated heterocycles. The van der Waals surface area contributed by atoms with E-state index < -0.39 is 16.1 Å². The van der Waals surface area contributed by atoms with Crippen LogP contribution in [0.4, 0.5) is 0 Å². The number of pyridine rings is 1. The Labute approximate surface area is 365 Å². The third-order valence-electron chi connectivity index (χ3n) is 12.1. The molecule has 0 aliphatic carbocycles. The summed E-state index contributed by atoms with van der Waals surface area (Å²) in [6.07, 6.45) is 1.93. The van der Waals surface area contributed by atoms with E-state index in [0.717, 1.165) is 78.8 Å². The fourth-order valence-electron chi connectivity index (χ4n) is 8.68. The molecular formula is C55H59N3OSi2. The number of para-hydroxylation sites is 2. The number of aromatic nitrogens is 3. The average molecular weight is 834 g/mol. The van der Waals surface area contributed by atoms with Gasteiger partial charge in [-0.3, -0.25) is 9.55 Å². The highest BCUT2D eigenvalue weighted by molar-refractivity contribution is 6.77. The van der Waals surface area contributed by atoms with Crippen LogP contribution >= 0.6 is 0 Å². The van der Waals surface area contributed by atoms with E-state index in [1.807, 2.05) is 6.20 Å². The number of aromatic hydroxyl groups is 1. The third kappa shape index (κ3) is 8.57. The number of imidazole rings is 1. The maximum Gasteiger partial charge on any atom is 0.149 e. The van der Waals surface area contributed by atoms with Crippen molar-refractivity contribution in [2.24, 2.45) is 0 Å². The molecule has 1 unspecified atom stereocenters. The van der Waals surface area contributed by atoms with Gasteiger partial charge in [-0.25, -0.2) is 4.98 Å². The highest BCUT2D eigenvalue weighted by Gasteiger charge is 2.31. The molecule has 4 nitrogen and oxygen atoms in total. The first-order valence-corrected chi connectivity index (χ1v) is 29.0. The van der Waals surface area contributed by atoms with Gasteiger partial charge < -0.3 is 5.11 Å². The van der Waals surface area contributed by atoms with Crippen LogP contribution in [0.2, 0.25) is 39.3 Å². The summed E-state index contributed by atoms with van der Waals surface area (Å²) < 4.78 is 2.29. The SMILES string of the molecule is CC(c1cc(C[Si](C)(C)C)cc(-c2nc3c(-c4cccc(-c5cc(-c6ccccc6C(C)(C)C)ccn5)c4)cccc3n2-c2ccccc2-c2ccccc2)c1O)[Si](C)(C)C. The Morgan fingerprint density at radius 3 is 1.95 bits per heavy atom. The van der Waals surface area contributed by atoms with Crippen LogP contribution < -0.4 is 0 Å². The van der Waals surface area contributed by atoms with Gasteiger partial charge in [-0.2, -0.15) is 0 Å². The van der Waals surface area contributed by atoms with Crippen molar-refractivity contribution in [1.82, 2.24) is 14.5 Å². The number of rotatable bonds is 10. The Hall–Kier alpha value is -5.83. The van der Waals surface area contributed by atoms with E-state index in [1.54, 1.807) is 0 Å². The van der Waals surface area contributed by atoms with Crippen molar-refractivity contribution < 1.29 is 5.11 Å². The molecule has 6 heteroatoms. The second-order valence-corrected chi connectivity index (χ2v) is 31.1. The van der Waals surface area contributed by atoms with Crippen LogP contribution in [0.3, 0.4) is 0 Å². The predicted molar refractivity (Wildman–Crippen MR) is 265 cm³/mol. The molecule has 8 rings (SSSR count). The minimum absolute atomic E-state index is 0.00303. The first kappa shape index (κ1) is 41.9. The van der Waals surface area contributed by atoms with Crippen LogP contribution in [0.1, 0.15) is 49.9 Å². The fourth-order valence-corrected chi connectivity index (χ4v) is 11.3. The third-order valence-corrected chi connectivity index (χ3v) is 16.5. The number of phenols is 1. The van der Waals surface area contributed by atoms with Crippen LogP contribution in [0.25, 0.3) is 72.7 Å². The zero-order valence-electron chi connectivity index (χ0n) is 37.5. The lowest BCUT2D eigenvalue weighted by Gasteiger charge is -2.28. The molecule has 0 amide bonds. The molecule has 308 valence electrons. The molecular weight excluding hydrogens is 775 g/mol. The van der Waals surface area contributed by atoms with Gasteiger partial charge in [0.2, 0.25) is 0 Å². The van der Waals surface area contributed by atoms with Gasteiger partial charge in [0.05, 0.1) is 36.1 Å². The molecule has 6 aromatic carbocycles. The van der Waals surface area contributed by atoms with E-state index in [2.05, 4.69) is 217 Å². The van der Waals surface area contributed by atoms with Gasteiger partial charge >= 0.3 is 0 Å². The molecule has 0 fully saturated rings. The lowest BCUT2D eigenvalue weighted by Crippen LogP contribution is -2.29. The Morgan fingerprint density at radius 2 is 1.23 bits per heavy atom. The maximum atomic E-state index is 12.6. The molecule has 0 aliphatic heterocycles. The smallest absolute Gasteiger partial charge is 0.149 e. The van der Waals surface area contributed by atoms with Crippen molar-refractivity contribution in [3.63, 3.8) is 0 Å². The van der Waals surface area contributed by atoms with Gasteiger partial charge in [-0.1, -0.05) is 176 Å². The van der Waals surface area contributed by atoms with Crippen LogP contribution in [0.15, 0.2) is 152 Å². The molecule has 0 saturated carbocycles. The van der Waals surface area contributed by atoms with Gasteiger partial charge in [0.15, 0.2) is 0 Å². The Balaban J connectivity index is 1.36. The van der Waals surface area contributed by atoms with Gasteiger partial charge in [0.1, 0.15) is 11.6 Å². The molecule has 2 aromatic heterocycles. The van der Waals surface area contributed by atoms with Crippen molar-refractivity contribution in [3.8, 4) is 67.5 Å². The molecule has 0 bridgehead atoms. The normalized spacial score (nSPS) is 12.8. The van der Waals surface area contributed by atoms with Gasteiger partial charge in [0.25, 0.3) is 0 Å². The summed E-state index contributed by atoms with van der Waals surface area (Å²) >= 11 is 0. The molecule has 1 N–H and O–H groups in total. The minimum atomic E-state index is -1.70. The number of hydrogen-bond acceptors (Lipinski definition) is 3. The highest BCUT2D eigenvalue weighted by Crippen LogP contribution is 2.45. The second kappa shape index (κ2) is 16.2. The molecule has 8 aromatic rings. The first-order chi connectivity index (χ1) is 29.0. The fraction of sp³-hybridized carbons (Fsp3) is 0.236. The number of phenolic OH excluding ortho intramolecular Hbond substituents is 1. The van der Waals surface area contributed by atoms with Crippen molar-refractivity contribution in [2.75, 3.05) is 0 Å². The van der Waals surface area contributed by atoms with Crippen LogP contribution in [-0.4, -0.2) is 35.8 Å². The van der Waals surface area contributed by atoms with E-state index in [4.69, 9.17) is 9.97 Å². The molecule has 0 spiro atoms. The number of benzene rings is 6. The molecule has 61 heavy (non-hydrogen) atoms. The summed E-state index contributed by atoms with van der Waals surface area (Å²) in [5, 5.41) is 12.6. The minimum Gasteiger partial charge on any atom is -0.507 e. The Kier molecular flexibility index (Phi) is 11.1. The molecule has 0 radical (unpaired) electrons. The lowest BCUT2D eigenvalue weighted by atomic mass is 9.82. The van der Waals surface area contributed by atoms with Gasteiger partial charge in [-0.15, -0.1) is 0 Å². The van der Waals surface area contributed by atoms with Gasteiger partial charge in [-0.05, 0) is 92.3 Å². The summed E-state index contributed by atoms with van der Waals surface area (Å²) in [5.74, 6) is 1.08. The van der Waals surface area contributed by atoms with E-state index in [0.29, 0.717) is 5.75 Å². The Bertz CT molecular complexity index is 2870. The zero-order chi connectivity index (χ0) is 43.3. The topological polar surface area (TPSA) is 50.9 Å². The lowest BCUT2D eigenvalue weighted by molar-refractivity contribution is 0.469. The highest BCUT2D eigenvalue weighted by atomic mass is 28.3. The summed E-state index contributed by atoms with van der Waals surface area (Å²) in [4.78, 5) is 10.5. The van der Waals surface area contributed by atoms with Crippen LogP contribution in [0, 0.1) is 0 Å². The van der Waals surface area contributed by atoms with Crippen molar-refractivity contribution in [1.29, 1.82) is 0 Å². The molecule has 1 atom stereocenters. The summed E-state index contributed by atoms with van der Waals surface area (Å²) in [7, 11) is -3.23. The van der Waals surface area contributed by atoms with Crippen LogP contribution in [-0.2, 0) is 11.5 Å².